The van der Waals surface area contributed by atoms with Gasteiger partial charge >= 0.3 is 0 Å². The lowest BCUT2D eigenvalue weighted by atomic mass is 10.2. The van der Waals surface area contributed by atoms with Gasteiger partial charge < -0.3 is 4.74 Å². The van der Waals surface area contributed by atoms with Crippen molar-refractivity contribution < 1.29 is 4.74 Å². The van der Waals surface area contributed by atoms with Crippen LogP contribution in [0.1, 0.15) is 12.6 Å². The van der Waals surface area contributed by atoms with E-state index in [1.807, 2.05) is 25.1 Å². The van der Waals surface area contributed by atoms with E-state index in [1.54, 1.807) is 12.1 Å². The van der Waals surface area contributed by atoms with Crippen molar-refractivity contribution in [3.63, 3.8) is 0 Å². The molecule has 3 rings (SSSR count). The van der Waals surface area contributed by atoms with E-state index in [9.17, 15) is 0 Å². The largest absolute Gasteiger partial charge is 0.483 e. The Labute approximate surface area is 135 Å². The Morgan fingerprint density at radius 1 is 1.27 bits per heavy atom. The van der Waals surface area contributed by atoms with Crippen LogP contribution >= 0.6 is 22.9 Å². The van der Waals surface area contributed by atoms with Crippen LogP contribution in [0.4, 0.5) is 0 Å². The summed E-state index contributed by atoms with van der Waals surface area (Å²) in [7, 11) is 0. The number of hydrogen-bond donors (Lipinski definition) is 1. The molecular weight excluding hydrogens is 322 g/mol. The number of aromatic amines is 1. The molecule has 1 aromatic carbocycles. The molecule has 6 nitrogen and oxygen atoms in total. The molecule has 3 aromatic rings. The van der Waals surface area contributed by atoms with Crippen molar-refractivity contribution in [1.82, 2.24) is 20.4 Å². The average Bonchev–Trinajstić information content (AvgIpc) is 3.14. The monoisotopic (exact) mass is 331 g/mol. The Balaban J connectivity index is 2.10. The second kappa shape index (κ2) is 6.13. The molecule has 22 heavy (non-hydrogen) atoms. The lowest BCUT2D eigenvalue weighted by Crippen LogP contribution is -1.92. The fraction of sp³-hybridized carbons (Fsp3) is 0.143. The molecule has 0 radical (unpaired) electrons. The zero-order valence-electron chi connectivity index (χ0n) is 11.5. The quantitative estimate of drug-likeness (QED) is 0.790. The van der Waals surface area contributed by atoms with Crippen LogP contribution < -0.4 is 4.74 Å². The number of ether oxygens (including phenoxy) is 1. The van der Waals surface area contributed by atoms with Gasteiger partial charge in [0.05, 0.1) is 6.61 Å². The molecule has 2 aromatic heterocycles. The number of rotatable bonds is 4. The maximum atomic E-state index is 9.09. The third-order valence-electron chi connectivity index (χ3n) is 2.84. The summed E-state index contributed by atoms with van der Waals surface area (Å²) in [5.74, 6) is 0. The van der Waals surface area contributed by atoms with Crippen molar-refractivity contribution in [2.45, 2.75) is 6.92 Å². The van der Waals surface area contributed by atoms with Gasteiger partial charge in [0, 0.05) is 10.6 Å². The third kappa shape index (κ3) is 2.66. The first-order valence-corrected chi connectivity index (χ1v) is 7.63. The van der Waals surface area contributed by atoms with Gasteiger partial charge in [-0.2, -0.15) is 15.6 Å². The van der Waals surface area contributed by atoms with Gasteiger partial charge in [-0.1, -0.05) is 35.1 Å². The summed E-state index contributed by atoms with van der Waals surface area (Å²) in [6.07, 6.45) is 0. The van der Waals surface area contributed by atoms with Crippen molar-refractivity contribution in [2.24, 2.45) is 0 Å². The smallest absolute Gasteiger partial charge is 0.204 e. The van der Waals surface area contributed by atoms with Crippen LogP contribution in [0.25, 0.3) is 22.0 Å². The van der Waals surface area contributed by atoms with E-state index < -0.39 is 0 Å². The van der Waals surface area contributed by atoms with Gasteiger partial charge in [-0.25, -0.2) is 4.98 Å². The predicted octanol–water partition coefficient (Wildman–Crippen LogP) is 3.52. The lowest BCUT2D eigenvalue weighted by molar-refractivity contribution is 0.351. The van der Waals surface area contributed by atoms with E-state index in [0.29, 0.717) is 28.1 Å². The molecule has 1 N–H and O–H groups in total. The Hall–Kier alpha value is -2.43. The number of nitriles is 1. The number of nitrogens with one attached hydrogen (secondary N) is 1. The fourth-order valence-corrected chi connectivity index (χ4v) is 2.98. The van der Waals surface area contributed by atoms with Gasteiger partial charge in [-0.05, 0) is 19.1 Å². The Kier molecular flexibility index (Phi) is 4.04. The summed E-state index contributed by atoms with van der Waals surface area (Å²) >= 11 is 7.30. The highest BCUT2D eigenvalue weighted by molar-refractivity contribution is 7.17. The Morgan fingerprint density at radius 2 is 2.05 bits per heavy atom. The first-order chi connectivity index (χ1) is 10.7. The van der Waals surface area contributed by atoms with E-state index in [4.69, 9.17) is 21.6 Å². The standard InChI is InChI=1S/C14H10ClN5OS/c1-2-21-14-12(11-10(7-16)18-20-19-11)17-13(22-14)8-3-5-9(15)6-4-8/h3-6H,2H2,1H3,(H,18,19,20). The van der Waals surface area contributed by atoms with Crippen LogP contribution in [0.3, 0.4) is 0 Å². The summed E-state index contributed by atoms with van der Waals surface area (Å²) in [6.45, 7) is 2.38. The number of thiazole rings is 1. The Bertz CT molecular complexity index is 834. The molecule has 0 aliphatic heterocycles. The van der Waals surface area contributed by atoms with Crippen molar-refractivity contribution in [3.8, 4) is 33.1 Å². The number of halogens is 1. The molecule has 0 saturated carbocycles. The molecule has 2 heterocycles. The van der Waals surface area contributed by atoms with Crippen LogP contribution in [0.15, 0.2) is 24.3 Å². The van der Waals surface area contributed by atoms with E-state index in [0.717, 1.165) is 10.6 Å². The second-order valence-corrected chi connectivity index (χ2v) is 5.63. The molecule has 0 saturated heterocycles. The number of aromatic nitrogens is 4. The number of benzene rings is 1. The van der Waals surface area contributed by atoms with E-state index in [-0.39, 0.29) is 5.69 Å². The van der Waals surface area contributed by atoms with E-state index >= 15 is 0 Å². The first-order valence-electron chi connectivity index (χ1n) is 6.43. The van der Waals surface area contributed by atoms with Crippen LogP contribution in [0.2, 0.25) is 5.02 Å². The van der Waals surface area contributed by atoms with Crippen LogP contribution in [0, 0.1) is 11.3 Å². The highest BCUT2D eigenvalue weighted by Crippen LogP contribution is 2.39. The highest BCUT2D eigenvalue weighted by atomic mass is 35.5. The van der Waals surface area contributed by atoms with Crippen molar-refractivity contribution >= 4 is 22.9 Å². The molecule has 0 amide bonds. The van der Waals surface area contributed by atoms with Crippen LogP contribution in [-0.4, -0.2) is 27.0 Å². The molecule has 0 atom stereocenters. The molecule has 0 aliphatic carbocycles. The average molecular weight is 332 g/mol. The predicted molar refractivity (Wildman–Crippen MR) is 83.8 cm³/mol. The molecule has 0 aliphatic rings. The second-order valence-electron chi connectivity index (χ2n) is 4.23. The molecular formula is C14H10ClN5OS. The summed E-state index contributed by atoms with van der Waals surface area (Å²) < 4.78 is 5.63. The summed E-state index contributed by atoms with van der Waals surface area (Å²) in [5.41, 5.74) is 2.02. The van der Waals surface area contributed by atoms with Crippen molar-refractivity contribution in [1.29, 1.82) is 5.26 Å². The minimum absolute atomic E-state index is 0.189. The van der Waals surface area contributed by atoms with Gasteiger partial charge in [0.25, 0.3) is 0 Å². The number of hydrogen-bond acceptors (Lipinski definition) is 6. The van der Waals surface area contributed by atoms with Gasteiger partial charge in [0.2, 0.25) is 5.06 Å². The lowest BCUT2D eigenvalue weighted by Gasteiger charge is -1.99. The minimum atomic E-state index is 0.189. The topological polar surface area (TPSA) is 87.5 Å². The fourth-order valence-electron chi connectivity index (χ4n) is 1.87. The zero-order chi connectivity index (χ0) is 15.5. The van der Waals surface area contributed by atoms with Gasteiger partial charge in [-0.15, -0.1) is 5.10 Å². The van der Waals surface area contributed by atoms with Crippen molar-refractivity contribution in [2.75, 3.05) is 6.61 Å². The minimum Gasteiger partial charge on any atom is -0.483 e. The molecule has 8 heteroatoms. The van der Waals surface area contributed by atoms with Crippen molar-refractivity contribution in [3.05, 3.63) is 35.0 Å². The number of H-pyrrole nitrogens is 1. The van der Waals surface area contributed by atoms with Gasteiger partial charge in [0.15, 0.2) is 11.4 Å². The summed E-state index contributed by atoms with van der Waals surface area (Å²) in [6, 6.07) is 9.36. The molecule has 0 unspecified atom stereocenters. The van der Waals surface area contributed by atoms with Gasteiger partial charge in [0.1, 0.15) is 16.8 Å². The summed E-state index contributed by atoms with van der Waals surface area (Å²) in [4.78, 5) is 4.56. The molecule has 0 bridgehead atoms. The zero-order valence-corrected chi connectivity index (χ0v) is 13.1. The maximum absolute atomic E-state index is 9.09. The van der Waals surface area contributed by atoms with Crippen LogP contribution in [-0.2, 0) is 0 Å². The normalized spacial score (nSPS) is 10.4. The number of nitrogens with zero attached hydrogens (tertiary/aromatic N) is 4. The first kappa shape index (κ1) is 14.5. The third-order valence-corrected chi connectivity index (χ3v) is 4.11. The molecule has 0 spiro atoms. The SMILES string of the molecule is CCOc1sc(-c2ccc(Cl)cc2)nc1-c1n[nH]nc1C#N. The van der Waals surface area contributed by atoms with E-state index in [1.165, 1.54) is 11.3 Å². The maximum Gasteiger partial charge on any atom is 0.204 e. The highest BCUT2D eigenvalue weighted by Gasteiger charge is 2.21. The molecule has 0 fully saturated rings. The van der Waals surface area contributed by atoms with E-state index in [2.05, 4.69) is 20.4 Å². The van der Waals surface area contributed by atoms with Gasteiger partial charge in [-0.3, -0.25) is 0 Å². The molecule has 110 valence electrons. The van der Waals surface area contributed by atoms with Crippen LogP contribution in [0.5, 0.6) is 5.06 Å². The summed E-state index contributed by atoms with van der Waals surface area (Å²) in [5, 5.41) is 21.4. The Morgan fingerprint density at radius 3 is 2.73 bits per heavy atom.